The Bertz CT molecular complexity index is 320. The Morgan fingerprint density at radius 1 is 1.56 bits per heavy atom. The fraction of sp³-hybridized carbons (Fsp3) is 0.727. The third kappa shape index (κ3) is 2.47. The minimum absolute atomic E-state index is 0.237. The highest BCUT2D eigenvalue weighted by Crippen LogP contribution is 2.16. The molecule has 2 heterocycles. The summed E-state index contributed by atoms with van der Waals surface area (Å²) in [5.41, 5.74) is 0.766. The van der Waals surface area contributed by atoms with Crippen LogP contribution in [0.1, 0.15) is 20.8 Å². The molecule has 2 aliphatic rings. The molecule has 0 aromatic carbocycles. The molecule has 1 saturated heterocycles. The molecule has 1 unspecified atom stereocenters. The number of rotatable bonds is 0. The molecule has 5 nitrogen and oxygen atoms in total. The van der Waals surface area contributed by atoms with E-state index in [0.717, 1.165) is 6.67 Å². The lowest BCUT2D eigenvalue weighted by atomic mass is 10.1. The Balaban J connectivity index is 1.95. The van der Waals surface area contributed by atoms with Crippen LogP contribution < -0.4 is 10.6 Å². The molecule has 0 aromatic heterocycles. The number of carbonyl (C=O) groups excluding carboxylic acids is 1. The lowest BCUT2D eigenvalue weighted by Gasteiger charge is -2.31. The van der Waals surface area contributed by atoms with Crippen LogP contribution in [0.5, 0.6) is 0 Å². The summed E-state index contributed by atoms with van der Waals surface area (Å²) < 4.78 is 5.34. The molecule has 1 fully saturated rings. The third-order valence-electron chi connectivity index (χ3n) is 2.60. The molecule has 0 saturated carbocycles. The van der Waals surface area contributed by atoms with Crippen molar-refractivity contribution in [2.75, 3.05) is 19.8 Å². The fourth-order valence-corrected chi connectivity index (χ4v) is 1.87. The molecule has 5 heteroatoms. The maximum atomic E-state index is 11.8. The number of hydrogen-bond donors (Lipinski definition) is 2. The van der Waals surface area contributed by atoms with Crippen LogP contribution in [0.15, 0.2) is 11.8 Å². The van der Waals surface area contributed by atoms with Gasteiger partial charge < -0.3 is 15.0 Å². The summed E-state index contributed by atoms with van der Waals surface area (Å²) in [5.74, 6) is 0. The number of amides is 1. The Labute approximate surface area is 95.8 Å². The van der Waals surface area contributed by atoms with Gasteiger partial charge in [-0.15, -0.1) is 0 Å². The zero-order valence-electron chi connectivity index (χ0n) is 10.0. The second-order valence-electron chi connectivity index (χ2n) is 5.16. The van der Waals surface area contributed by atoms with Crippen LogP contribution in [0, 0.1) is 0 Å². The molecule has 2 aliphatic heterocycles. The molecule has 90 valence electrons. The van der Waals surface area contributed by atoms with E-state index in [1.54, 1.807) is 4.90 Å². The van der Waals surface area contributed by atoms with Gasteiger partial charge >= 0.3 is 6.09 Å². The molecule has 2 N–H and O–H groups in total. The molecule has 0 aromatic rings. The first kappa shape index (κ1) is 11.3. The van der Waals surface area contributed by atoms with Gasteiger partial charge in [-0.05, 0) is 26.8 Å². The van der Waals surface area contributed by atoms with Gasteiger partial charge in [-0.2, -0.15) is 0 Å². The van der Waals surface area contributed by atoms with Crippen molar-refractivity contribution >= 4 is 6.09 Å². The van der Waals surface area contributed by atoms with Crippen LogP contribution >= 0.6 is 0 Å². The van der Waals surface area contributed by atoms with Crippen LogP contribution in [-0.2, 0) is 4.74 Å². The number of carbonyl (C=O) groups is 1. The lowest BCUT2D eigenvalue weighted by molar-refractivity contribution is 0.0254. The Kier molecular flexibility index (Phi) is 2.80. The second-order valence-corrected chi connectivity index (χ2v) is 5.16. The summed E-state index contributed by atoms with van der Waals surface area (Å²) in [4.78, 5) is 13.6. The summed E-state index contributed by atoms with van der Waals surface area (Å²) in [6.45, 7) is 7.71. The van der Waals surface area contributed by atoms with Gasteiger partial charge in [0.25, 0.3) is 0 Å². The first-order valence-electron chi connectivity index (χ1n) is 5.61. The van der Waals surface area contributed by atoms with E-state index in [2.05, 4.69) is 10.6 Å². The largest absolute Gasteiger partial charge is 0.444 e. The highest BCUT2D eigenvalue weighted by molar-refractivity contribution is 5.68. The van der Waals surface area contributed by atoms with Crippen LogP contribution in [0.25, 0.3) is 0 Å². The van der Waals surface area contributed by atoms with E-state index in [9.17, 15) is 4.79 Å². The van der Waals surface area contributed by atoms with Gasteiger partial charge in [0, 0.05) is 18.8 Å². The summed E-state index contributed by atoms with van der Waals surface area (Å²) in [5, 5.41) is 6.51. The van der Waals surface area contributed by atoms with Crippen molar-refractivity contribution in [1.82, 2.24) is 15.5 Å². The fourth-order valence-electron chi connectivity index (χ4n) is 1.87. The summed E-state index contributed by atoms with van der Waals surface area (Å²) in [7, 11) is 0. The highest BCUT2D eigenvalue weighted by Gasteiger charge is 2.30. The Morgan fingerprint density at radius 3 is 3.00 bits per heavy atom. The van der Waals surface area contributed by atoms with Crippen LogP contribution in [0.2, 0.25) is 0 Å². The van der Waals surface area contributed by atoms with Gasteiger partial charge in [0.15, 0.2) is 0 Å². The predicted molar refractivity (Wildman–Crippen MR) is 60.8 cm³/mol. The van der Waals surface area contributed by atoms with Crippen molar-refractivity contribution in [1.29, 1.82) is 0 Å². The summed E-state index contributed by atoms with van der Waals surface area (Å²) >= 11 is 0. The van der Waals surface area contributed by atoms with Gasteiger partial charge in [-0.3, -0.25) is 5.32 Å². The average molecular weight is 225 g/mol. The van der Waals surface area contributed by atoms with E-state index < -0.39 is 5.60 Å². The SMILES string of the molecule is CC(C)(C)OC(=O)N1CC=C2NCNC2C1. The van der Waals surface area contributed by atoms with Crippen LogP contribution in [0.3, 0.4) is 0 Å². The number of ether oxygens (including phenoxy) is 1. The van der Waals surface area contributed by atoms with E-state index in [1.807, 2.05) is 26.8 Å². The molecule has 0 bridgehead atoms. The van der Waals surface area contributed by atoms with Gasteiger partial charge in [-0.1, -0.05) is 0 Å². The standard InChI is InChI=1S/C11H19N3O2/c1-11(2,3)16-10(15)14-5-4-8-9(6-14)13-7-12-8/h4,9,12-13H,5-7H2,1-3H3. The summed E-state index contributed by atoms with van der Waals surface area (Å²) in [6.07, 6.45) is 1.80. The van der Waals surface area contributed by atoms with E-state index in [4.69, 9.17) is 4.74 Å². The Morgan fingerprint density at radius 2 is 2.31 bits per heavy atom. The van der Waals surface area contributed by atoms with Crippen molar-refractivity contribution in [3.8, 4) is 0 Å². The zero-order valence-corrected chi connectivity index (χ0v) is 10.0. The molecule has 0 radical (unpaired) electrons. The van der Waals surface area contributed by atoms with Crippen molar-refractivity contribution in [2.24, 2.45) is 0 Å². The van der Waals surface area contributed by atoms with Gasteiger partial charge in [0.2, 0.25) is 0 Å². The third-order valence-corrected chi connectivity index (χ3v) is 2.60. The van der Waals surface area contributed by atoms with Crippen molar-refractivity contribution < 1.29 is 9.53 Å². The number of fused-ring (bicyclic) bond motifs is 1. The average Bonchev–Trinajstić information content (AvgIpc) is 2.61. The minimum atomic E-state index is -0.428. The first-order valence-corrected chi connectivity index (χ1v) is 5.61. The van der Waals surface area contributed by atoms with Crippen molar-refractivity contribution in [2.45, 2.75) is 32.4 Å². The minimum Gasteiger partial charge on any atom is -0.444 e. The van der Waals surface area contributed by atoms with Crippen LogP contribution in [0.4, 0.5) is 4.79 Å². The number of hydrogen-bond acceptors (Lipinski definition) is 4. The zero-order chi connectivity index (χ0) is 11.8. The topological polar surface area (TPSA) is 53.6 Å². The maximum absolute atomic E-state index is 11.8. The second kappa shape index (κ2) is 3.97. The van der Waals surface area contributed by atoms with Crippen molar-refractivity contribution in [3.63, 3.8) is 0 Å². The predicted octanol–water partition coefficient (Wildman–Crippen LogP) is 0.640. The molecule has 2 rings (SSSR count). The lowest BCUT2D eigenvalue weighted by Crippen LogP contribution is -2.46. The van der Waals surface area contributed by atoms with Crippen molar-refractivity contribution in [3.05, 3.63) is 11.8 Å². The number of nitrogens with zero attached hydrogens (tertiary/aromatic N) is 1. The number of nitrogens with one attached hydrogen (secondary N) is 2. The normalized spacial score (nSPS) is 24.6. The smallest absolute Gasteiger partial charge is 0.410 e. The molecular weight excluding hydrogens is 206 g/mol. The monoisotopic (exact) mass is 225 g/mol. The molecule has 1 atom stereocenters. The Hall–Kier alpha value is -1.23. The molecule has 16 heavy (non-hydrogen) atoms. The van der Waals surface area contributed by atoms with Crippen LogP contribution in [-0.4, -0.2) is 42.4 Å². The van der Waals surface area contributed by atoms with E-state index >= 15 is 0 Å². The van der Waals surface area contributed by atoms with E-state index in [-0.39, 0.29) is 12.1 Å². The molecular formula is C11H19N3O2. The van der Waals surface area contributed by atoms with E-state index in [0.29, 0.717) is 13.1 Å². The molecule has 0 spiro atoms. The summed E-state index contributed by atoms with van der Waals surface area (Å²) in [6, 6.07) is 0.237. The maximum Gasteiger partial charge on any atom is 0.410 e. The molecule has 1 amide bonds. The van der Waals surface area contributed by atoms with Gasteiger partial charge in [0.1, 0.15) is 5.60 Å². The van der Waals surface area contributed by atoms with Gasteiger partial charge in [0.05, 0.1) is 12.7 Å². The quantitative estimate of drug-likeness (QED) is 0.635. The first-order chi connectivity index (χ1) is 7.46. The highest BCUT2D eigenvalue weighted by atomic mass is 16.6. The van der Waals surface area contributed by atoms with Gasteiger partial charge in [-0.25, -0.2) is 4.79 Å². The molecule has 0 aliphatic carbocycles. The van der Waals surface area contributed by atoms with E-state index in [1.165, 1.54) is 5.70 Å².